The molecule has 2 rings (SSSR count). The molecule has 0 amide bonds. The Morgan fingerprint density at radius 2 is 2.16 bits per heavy atom. The number of aliphatic imine (C=N–C) groups is 1. The summed E-state index contributed by atoms with van der Waals surface area (Å²) in [5.74, 6) is 0.505. The molecule has 1 aromatic heterocycles. The molecule has 0 spiro atoms. The van der Waals surface area contributed by atoms with Gasteiger partial charge in [0.05, 0.1) is 5.75 Å². The van der Waals surface area contributed by atoms with Gasteiger partial charge in [0.1, 0.15) is 6.08 Å². The van der Waals surface area contributed by atoms with Crippen LogP contribution in [0.25, 0.3) is 10.9 Å². The first-order valence-corrected chi connectivity index (χ1v) is 5.60. The van der Waals surface area contributed by atoms with E-state index in [9.17, 15) is 5.11 Å². The zero-order valence-corrected chi connectivity index (χ0v) is 12.3. The number of benzene rings is 1. The van der Waals surface area contributed by atoms with Gasteiger partial charge in [-0.15, -0.1) is 17.0 Å². The minimum Gasteiger partial charge on any atom is -0.560 e. The highest BCUT2D eigenvalue weighted by atomic mass is 79.9. The van der Waals surface area contributed by atoms with Gasteiger partial charge >= 0.3 is 0 Å². The van der Waals surface area contributed by atoms with E-state index in [1.165, 1.54) is 7.05 Å². The summed E-state index contributed by atoms with van der Waals surface area (Å²) in [5.41, 5.74) is 0.858. The third-order valence-electron chi connectivity index (χ3n) is 2.56. The predicted molar refractivity (Wildman–Crippen MR) is 78.6 cm³/mol. The fourth-order valence-corrected chi connectivity index (χ4v) is 1.82. The highest BCUT2D eigenvalue weighted by Gasteiger charge is 2.10. The molecule has 0 unspecified atom stereocenters. The fraction of sp³-hybridized carbons (Fsp3) is 0.143. The van der Waals surface area contributed by atoms with Crippen LogP contribution in [0.15, 0.2) is 54.2 Å². The van der Waals surface area contributed by atoms with Crippen LogP contribution in [0.5, 0.6) is 5.75 Å². The summed E-state index contributed by atoms with van der Waals surface area (Å²) < 4.78 is 7.18. The molecule has 0 bridgehead atoms. The highest BCUT2D eigenvalue weighted by molar-refractivity contribution is 8.93. The molecular weight excluding hydrogens is 308 g/mol. The van der Waals surface area contributed by atoms with E-state index in [0.717, 1.165) is 10.9 Å². The van der Waals surface area contributed by atoms with Gasteiger partial charge in [-0.2, -0.15) is 4.57 Å². The van der Waals surface area contributed by atoms with Crippen molar-refractivity contribution in [3.8, 4) is 5.75 Å². The number of rotatable bonds is 3. The first-order chi connectivity index (χ1) is 8.76. The van der Waals surface area contributed by atoms with E-state index in [2.05, 4.69) is 11.6 Å². The van der Waals surface area contributed by atoms with E-state index in [4.69, 9.17) is 4.74 Å². The van der Waals surface area contributed by atoms with Crippen LogP contribution in [-0.2, 0) is 6.54 Å². The number of nitrogens with zero attached hydrogens (tertiary/aromatic N) is 2. The van der Waals surface area contributed by atoms with Crippen LogP contribution in [-0.4, -0.2) is 13.1 Å². The van der Waals surface area contributed by atoms with E-state index in [1.54, 1.807) is 12.1 Å². The summed E-state index contributed by atoms with van der Waals surface area (Å²) in [5, 5.41) is 12.3. The second kappa shape index (κ2) is 6.89. The van der Waals surface area contributed by atoms with E-state index in [-0.39, 0.29) is 17.0 Å². The number of pyridine rings is 1. The van der Waals surface area contributed by atoms with Crippen LogP contribution in [0, 0.1) is 0 Å². The molecule has 0 N–H and O–H groups in total. The lowest BCUT2D eigenvalue weighted by Crippen LogP contribution is -2.34. The molecule has 0 aliphatic rings. The third-order valence-corrected chi connectivity index (χ3v) is 2.56. The molecule has 0 aliphatic heterocycles. The molecule has 1 aromatic carbocycles. The van der Waals surface area contributed by atoms with Gasteiger partial charge < -0.3 is 9.84 Å². The molecule has 5 heteroatoms. The number of allylic oxidation sites excluding steroid dienone is 1. The van der Waals surface area contributed by atoms with Crippen LogP contribution in [0.2, 0.25) is 0 Å². The first-order valence-electron chi connectivity index (χ1n) is 5.60. The maximum Gasteiger partial charge on any atom is 0.227 e. The zero-order chi connectivity index (χ0) is 13.0. The Bertz CT molecular complexity index is 606. The average molecular weight is 323 g/mol. The van der Waals surface area contributed by atoms with Gasteiger partial charge in [-0.1, -0.05) is 12.6 Å². The minimum atomic E-state index is -0.600. The maximum absolute atomic E-state index is 11.3. The quantitative estimate of drug-likeness (QED) is 0.373. The Balaban J connectivity index is 0.00000180. The number of aromatic nitrogens is 1. The van der Waals surface area contributed by atoms with Crippen molar-refractivity contribution >= 4 is 34.0 Å². The molecule has 2 aromatic rings. The summed E-state index contributed by atoms with van der Waals surface area (Å²) >= 11 is 0. The second-order valence-corrected chi connectivity index (χ2v) is 3.73. The van der Waals surface area contributed by atoms with E-state index >= 15 is 0 Å². The van der Waals surface area contributed by atoms with Crippen molar-refractivity contribution in [2.75, 3.05) is 7.05 Å². The van der Waals surface area contributed by atoms with Crippen molar-refractivity contribution in [1.82, 2.24) is 0 Å². The summed E-state index contributed by atoms with van der Waals surface area (Å²) in [6, 6.07) is 9.48. The molecule has 100 valence electrons. The molecule has 0 saturated carbocycles. The Hall–Kier alpha value is -1.88. The van der Waals surface area contributed by atoms with Crippen LogP contribution < -0.4 is 14.4 Å². The Morgan fingerprint density at radius 3 is 2.84 bits per heavy atom. The van der Waals surface area contributed by atoms with E-state index in [0.29, 0.717) is 12.3 Å². The summed E-state index contributed by atoms with van der Waals surface area (Å²) in [6.07, 6.45) is 3.11. The molecule has 4 nitrogen and oxygen atoms in total. The largest absolute Gasteiger partial charge is 0.560 e. The van der Waals surface area contributed by atoms with E-state index in [1.807, 2.05) is 35.0 Å². The van der Waals surface area contributed by atoms with Gasteiger partial charge in [-0.05, 0) is 24.3 Å². The average Bonchev–Trinajstić information content (AvgIpc) is 2.39. The normalized spacial score (nSPS) is 10.9. The summed E-state index contributed by atoms with van der Waals surface area (Å²) in [4.78, 5) is 3.48. The van der Waals surface area contributed by atoms with Crippen LogP contribution in [0.3, 0.4) is 0 Å². The Morgan fingerprint density at radius 1 is 1.42 bits per heavy atom. The third kappa shape index (κ3) is 3.32. The van der Waals surface area contributed by atoms with Gasteiger partial charge in [0.25, 0.3) is 0 Å². The maximum atomic E-state index is 11.3. The van der Waals surface area contributed by atoms with Gasteiger partial charge in [0, 0.05) is 18.5 Å². The van der Waals surface area contributed by atoms with Crippen molar-refractivity contribution in [3.05, 3.63) is 49.2 Å². The SMILES string of the molecule is Br.C=CC[n+]1cccc2cccc(OC([O-])=NC)c21. The highest BCUT2D eigenvalue weighted by Crippen LogP contribution is 2.21. The Kier molecular flexibility index (Phi) is 5.51. The second-order valence-electron chi connectivity index (χ2n) is 3.73. The number of halogens is 1. The lowest BCUT2D eigenvalue weighted by molar-refractivity contribution is -0.661. The van der Waals surface area contributed by atoms with Crippen molar-refractivity contribution in [1.29, 1.82) is 0 Å². The monoisotopic (exact) mass is 322 g/mol. The Labute approximate surface area is 122 Å². The number of para-hydroxylation sites is 1. The summed E-state index contributed by atoms with van der Waals surface area (Å²) in [7, 11) is 1.41. The molecule has 0 fully saturated rings. The van der Waals surface area contributed by atoms with Crippen molar-refractivity contribution < 1.29 is 14.4 Å². The smallest absolute Gasteiger partial charge is 0.227 e. The lowest BCUT2D eigenvalue weighted by Gasteiger charge is -2.14. The predicted octanol–water partition coefficient (Wildman–Crippen LogP) is 1.62. The standard InChI is InChI=1S/C14H14N2O2.BrH/c1-3-9-16-10-5-7-11-6-4-8-12(13(11)16)18-14(17)15-2;/h3-8,10H,1,9H2,2H3;1H. The van der Waals surface area contributed by atoms with Crippen LogP contribution >= 0.6 is 17.0 Å². The van der Waals surface area contributed by atoms with Gasteiger partial charge in [-0.25, -0.2) is 0 Å². The number of hydrogen-bond acceptors (Lipinski definition) is 3. The topological polar surface area (TPSA) is 48.5 Å². The fourth-order valence-electron chi connectivity index (χ4n) is 1.82. The summed E-state index contributed by atoms with van der Waals surface area (Å²) in [6.45, 7) is 4.37. The molecule has 0 atom stereocenters. The minimum absolute atomic E-state index is 0. The van der Waals surface area contributed by atoms with E-state index < -0.39 is 6.08 Å². The van der Waals surface area contributed by atoms with Crippen LogP contribution in [0.1, 0.15) is 0 Å². The molecule has 19 heavy (non-hydrogen) atoms. The van der Waals surface area contributed by atoms with Gasteiger partial charge in [-0.3, -0.25) is 4.99 Å². The molecule has 0 saturated heterocycles. The van der Waals surface area contributed by atoms with Crippen molar-refractivity contribution in [2.24, 2.45) is 4.99 Å². The zero-order valence-electron chi connectivity index (χ0n) is 10.6. The van der Waals surface area contributed by atoms with Crippen LogP contribution in [0.4, 0.5) is 0 Å². The van der Waals surface area contributed by atoms with Gasteiger partial charge in [0.2, 0.25) is 5.52 Å². The first kappa shape index (κ1) is 15.2. The lowest BCUT2D eigenvalue weighted by atomic mass is 10.2. The number of ether oxygens (including phenoxy) is 1. The van der Waals surface area contributed by atoms with Crippen molar-refractivity contribution in [3.63, 3.8) is 0 Å². The van der Waals surface area contributed by atoms with Gasteiger partial charge in [0.15, 0.2) is 12.7 Å². The molecule has 0 aliphatic carbocycles. The molecule has 1 heterocycles. The molecule has 0 radical (unpaired) electrons. The van der Waals surface area contributed by atoms with Crippen molar-refractivity contribution in [2.45, 2.75) is 6.54 Å². The number of fused-ring (bicyclic) bond motifs is 1. The molecular formula is C14H15BrN2O2. The number of hydrogen-bond donors (Lipinski definition) is 0.